The Labute approximate surface area is 102 Å². The molecule has 0 saturated carbocycles. The van der Waals surface area contributed by atoms with Crippen LogP contribution in [0, 0.1) is 5.92 Å². The maximum Gasteiger partial charge on any atom is 0.316 e. The molecule has 3 heteroatoms. The van der Waals surface area contributed by atoms with Gasteiger partial charge in [-0.15, -0.1) is 0 Å². The number of nitrogens with zero attached hydrogens (tertiary/aromatic N) is 1. The van der Waals surface area contributed by atoms with Crippen molar-refractivity contribution in [2.75, 3.05) is 7.05 Å². The fourth-order valence-corrected chi connectivity index (χ4v) is 1.65. The smallest absolute Gasteiger partial charge is 0.316 e. The number of hydrogen-bond donors (Lipinski definition) is 0. The van der Waals surface area contributed by atoms with E-state index in [2.05, 4.69) is 26.0 Å². The van der Waals surface area contributed by atoms with Gasteiger partial charge in [0.15, 0.2) is 0 Å². The summed E-state index contributed by atoms with van der Waals surface area (Å²) in [5.74, 6) is 0.665. The van der Waals surface area contributed by atoms with E-state index in [9.17, 15) is 4.79 Å². The summed E-state index contributed by atoms with van der Waals surface area (Å²) in [5, 5.41) is -0.425. The normalized spacial score (nSPS) is 10.6. The zero-order valence-corrected chi connectivity index (χ0v) is 10.8. The standard InChI is InChI=1S/C13H18ClNO/c1-10(2)8-11-4-6-12(7-5-11)9-15(3)13(14)16/h4-7,10H,8-9H2,1-3H3. The lowest BCUT2D eigenvalue weighted by Crippen LogP contribution is -2.19. The van der Waals surface area contributed by atoms with Crippen LogP contribution in [0.15, 0.2) is 24.3 Å². The van der Waals surface area contributed by atoms with Crippen molar-refractivity contribution in [3.63, 3.8) is 0 Å². The second-order valence-electron chi connectivity index (χ2n) is 4.52. The van der Waals surface area contributed by atoms with E-state index in [1.807, 2.05) is 12.1 Å². The van der Waals surface area contributed by atoms with Crippen molar-refractivity contribution in [1.29, 1.82) is 0 Å². The first-order chi connectivity index (χ1) is 7.49. The van der Waals surface area contributed by atoms with Crippen LogP contribution in [0.5, 0.6) is 0 Å². The molecule has 1 aromatic carbocycles. The fraction of sp³-hybridized carbons (Fsp3) is 0.462. The third kappa shape index (κ3) is 4.23. The molecule has 0 aliphatic rings. The van der Waals surface area contributed by atoms with Gasteiger partial charge in [0.05, 0.1) is 0 Å². The summed E-state index contributed by atoms with van der Waals surface area (Å²) in [5.41, 5.74) is 2.43. The molecule has 0 radical (unpaired) electrons. The van der Waals surface area contributed by atoms with Crippen molar-refractivity contribution >= 4 is 17.0 Å². The molecule has 0 spiro atoms. The Morgan fingerprint density at radius 3 is 2.19 bits per heavy atom. The highest BCUT2D eigenvalue weighted by Crippen LogP contribution is 2.11. The van der Waals surface area contributed by atoms with Crippen LogP contribution in [0.25, 0.3) is 0 Å². The van der Waals surface area contributed by atoms with Crippen molar-refractivity contribution in [1.82, 2.24) is 4.90 Å². The number of rotatable bonds is 4. The second-order valence-corrected chi connectivity index (χ2v) is 4.85. The van der Waals surface area contributed by atoms with Gasteiger partial charge in [0.1, 0.15) is 0 Å². The molecule has 0 heterocycles. The van der Waals surface area contributed by atoms with Crippen LogP contribution in [0.2, 0.25) is 0 Å². The molecular formula is C13H18ClNO. The van der Waals surface area contributed by atoms with Gasteiger partial charge in [0, 0.05) is 13.6 Å². The minimum Gasteiger partial charge on any atom is -0.328 e. The number of halogens is 1. The van der Waals surface area contributed by atoms with E-state index in [0.717, 1.165) is 12.0 Å². The lowest BCUT2D eigenvalue weighted by atomic mass is 10.0. The Morgan fingerprint density at radius 2 is 1.75 bits per heavy atom. The lowest BCUT2D eigenvalue weighted by Gasteiger charge is -2.13. The highest BCUT2D eigenvalue weighted by Gasteiger charge is 2.05. The Hall–Kier alpha value is -1.02. The Kier molecular flexibility index (Phi) is 4.81. The average Bonchev–Trinajstić information content (AvgIpc) is 2.20. The number of carbonyl (C=O) groups excluding carboxylic acids is 1. The van der Waals surface area contributed by atoms with Gasteiger partial charge in [-0.25, -0.2) is 0 Å². The summed E-state index contributed by atoms with van der Waals surface area (Å²) in [6, 6.07) is 8.33. The van der Waals surface area contributed by atoms with Crippen LogP contribution < -0.4 is 0 Å². The van der Waals surface area contributed by atoms with Crippen molar-refractivity contribution < 1.29 is 4.79 Å². The summed E-state index contributed by atoms with van der Waals surface area (Å²) in [4.78, 5) is 12.3. The molecule has 0 saturated heterocycles. The molecule has 0 fully saturated rings. The first-order valence-corrected chi connectivity index (χ1v) is 5.85. The molecule has 1 aromatic rings. The Balaban J connectivity index is 2.61. The van der Waals surface area contributed by atoms with E-state index in [-0.39, 0.29) is 0 Å². The van der Waals surface area contributed by atoms with Crippen LogP contribution >= 0.6 is 11.6 Å². The van der Waals surface area contributed by atoms with Crippen molar-refractivity contribution in [2.24, 2.45) is 5.92 Å². The topological polar surface area (TPSA) is 20.3 Å². The SMILES string of the molecule is CC(C)Cc1ccc(CN(C)C(=O)Cl)cc1. The van der Waals surface area contributed by atoms with Crippen molar-refractivity contribution in [3.8, 4) is 0 Å². The summed E-state index contributed by atoms with van der Waals surface area (Å²) >= 11 is 5.37. The molecule has 1 rings (SSSR count). The van der Waals surface area contributed by atoms with E-state index in [4.69, 9.17) is 11.6 Å². The van der Waals surface area contributed by atoms with E-state index >= 15 is 0 Å². The molecule has 16 heavy (non-hydrogen) atoms. The van der Waals surface area contributed by atoms with Crippen LogP contribution in [-0.2, 0) is 13.0 Å². The third-order valence-corrected chi connectivity index (χ3v) is 2.68. The van der Waals surface area contributed by atoms with Crippen LogP contribution in [0.1, 0.15) is 25.0 Å². The zero-order valence-electron chi connectivity index (χ0n) is 10.0. The molecule has 2 nitrogen and oxygen atoms in total. The zero-order chi connectivity index (χ0) is 12.1. The van der Waals surface area contributed by atoms with E-state index in [1.54, 1.807) is 7.05 Å². The highest BCUT2D eigenvalue weighted by molar-refractivity contribution is 6.62. The molecule has 88 valence electrons. The third-order valence-electron chi connectivity index (χ3n) is 2.39. The van der Waals surface area contributed by atoms with E-state index < -0.39 is 5.37 Å². The monoisotopic (exact) mass is 239 g/mol. The molecule has 0 bridgehead atoms. The van der Waals surface area contributed by atoms with Crippen LogP contribution in [0.3, 0.4) is 0 Å². The van der Waals surface area contributed by atoms with Gasteiger partial charge in [-0.05, 0) is 35.1 Å². The molecule has 0 N–H and O–H groups in total. The van der Waals surface area contributed by atoms with Gasteiger partial charge < -0.3 is 4.90 Å². The maximum absolute atomic E-state index is 10.9. The summed E-state index contributed by atoms with van der Waals surface area (Å²) in [7, 11) is 1.69. The van der Waals surface area contributed by atoms with Gasteiger partial charge >= 0.3 is 5.37 Å². The Bertz CT molecular complexity index is 345. The number of amides is 1. The summed E-state index contributed by atoms with van der Waals surface area (Å²) < 4.78 is 0. The van der Waals surface area contributed by atoms with Gasteiger partial charge in [0.25, 0.3) is 0 Å². The highest BCUT2D eigenvalue weighted by atomic mass is 35.5. The van der Waals surface area contributed by atoms with E-state index in [1.165, 1.54) is 10.5 Å². The molecular weight excluding hydrogens is 222 g/mol. The number of hydrogen-bond acceptors (Lipinski definition) is 1. The summed E-state index contributed by atoms with van der Waals surface area (Å²) in [6.07, 6.45) is 1.09. The second kappa shape index (κ2) is 5.90. The largest absolute Gasteiger partial charge is 0.328 e. The van der Waals surface area contributed by atoms with Gasteiger partial charge in [-0.3, -0.25) is 4.79 Å². The van der Waals surface area contributed by atoms with Gasteiger partial charge in [0.2, 0.25) is 0 Å². The molecule has 0 atom stereocenters. The molecule has 0 aliphatic heterocycles. The summed E-state index contributed by atoms with van der Waals surface area (Å²) in [6.45, 7) is 4.96. The minimum atomic E-state index is -0.425. The number of carbonyl (C=O) groups is 1. The molecule has 0 aliphatic carbocycles. The first-order valence-electron chi connectivity index (χ1n) is 5.47. The van der Waals surface area contributed by atoms with Gasteiger partial charge in [-0.1, -0.05) is 38.1 Å². The predicted molar refractivity (Wildman–Crippen MR) is 67.7 cm³/mol. The number of benzene rings is 1. The van der Waals surface area contributed by atoms with Crippen LogP contribution in [-0.4, -0.2) is 17.3 Å². The van der Waals surface area contributed by atoms with Crippen LogP contribution in [0.4, 0.5) is 4.79 Å². The van der Waals surface area contributed by atoms with Crippen molar-refractivity contribution in [3.05, 3.63) is 35.4 Å². The first kappa shape index (κ1) is 13.0. The fourth-order valence-electron chi connectivity index (χ4n) is 1.59. The maximum atomic E-state index is 10.9. The minimum absolute atomic E-state index is 0.425. The quantitative estimate of drug-likeness (QED) is 0.580. The van der Waals surface area contributed by atoms with E-state index in [0.29, 0.717) is 12.5 Å². The Morgan fingerprint density at radius 1 is 1.25 bits per heavy atom. The molecule has 0 aromatic heterocycles. The molecule has 1 amide bonds. The van der Waals surface area contributed by atoms with Gasteiger partial charge in [-0.2, -0.15) is 0 Å². The average molecular weight is 240 g/mol. The molecule has 0 unspecified atom stereocenters. The van der Waals surface area contributed by atoms with Crippen molar-refractivity contribution in [2.45, 2.75) is 26.8 Å². The predicted octanol–water partition coefficient (Wildman–Crippen LogP) is 3.68. The lowest BCUT2D eigenvalue weighted by molar-refractivity contribution is 0.230.